The highest BCUT2D eigenvalue weighted by molar-refractivity contribution is 7.18. The third kappa shape index (κ3) is 3.95. The van der Waals surface area contributed by atoms with Gasteiger partial charge in [0.25, 0.3) is 0 Å². The number of para-hydroxylation sites is 1. The van der Waals surface area contributed by atoms with E-state index in [1.165, 1.54) is 9.58 Å². The summed E-state index contributed by atoms with van der Waals surface area (Å²) < 4.78 is 1.21. The van der Waals surface area contributed by atoms with E-state index in [0.717, 1.165) is 60.2 Å². The number of carbonyl (C=O) groups is 1. The molecule has 0 fully saturated rings. The molecule has 1 N–H and O–H groups in total. The Morgan fingerprint density at radius 1 is 1.27 bits per heavy atom. The molecule has 5 nitrogen and oxygen atoms in total. The van der Waals surface area contributed by atoms with E-state index in [1.807, 2.05) is 18.2 Å². The second-order valence-electron chi connectivity index (χ2n) is 6.48. The predicted octanol–water partition coefficient (Wildman–Crippen LogP) is 4.09. The Bertz CT molecular complexity index is 884. The van der Waals surface area contributed by atoms with Crippen LogP contribution in [0.2, 0.25) is 0 Å². The summed E-state index contributed by atoms with van der Waals surface area (Å²) in [6.07, 6.45) is 3.13. The van der Waals surface area contributed by atoms with Crippen LogP contribution in [0.25, 0.3) is 10.2 Å². The van der Waals surface area contributed by atoms with Crippen molar-refractivity contribution in [3.63, 3.8) is 0 Å². The Labute approximate surface area is 161 Å². The second-order valence-corrected chi connectivity index (χ2v) is 8.68. The molecule has 1 aliphatic rings. The largest absolute Gasteiger partial charge is 0.302 e. The van der Waals surface area contributed by atoms with Crippen molar-refractivity contribution < 1.29 is 4.79 Å². The zero-order valence-electron chi connectivity index (χ0n) is 14.8. The van der Waals surface area contributed by atoms with Crippen LogP contribution in [0.3, 0.4) is 0 Å². The maximum Gasteiger partial charge on any atom is 0.226 e. The number of rotatable bonds is 6. The van der Waals surface area contributed by atoms with E-state index in [1.54, 1.807) is 22.7 Å². The summed E-state index contributed by atoms with van der Waals surface area (Å²) >= 11 is 3.34. The quantitative estimate of drug-likeness (QED) is 0.693. The molecule has 0 aliphatic carbocycles. The summed E-state index contributed by atoms with van der Waals surface area (Å²) in [5.41, 5.74) is 2.20. The number of aromatic nitrogens is 2. The van der Waals surface area contributed by atoms with Crippen LogP contribution < -0.4 is 5.32 Å². The number of amides is 1. The Morgan fingerprint density at radius 3 is 3.00 bits per heavy atom. The van der Waals surface area contributed by atoms with Crippen molar-refractivity contribution in [2.24, 2.45) is 0 Å². The van der Waals surface area contributed by atoms with Crippen molar-refractivity contribution in [3.05, 3.63) is 39.8 Å². The van der Waals surface area contributed by atoms with Gasteiger partial charge in [0.15, 0.2) is 5.13 Å². The third-order valence-corrected chi connectivity index (χ3v) is 6.73. The molecular formula is C19H22N4OS2. The van der Waals surface area contributed by atoms with Gasteiger partial charge in [-0.25, -0.2) is 9.97 Å². The summed E-state index contributed by atoms with van der Waals surface area (Å²) in [6, 6.07) is 8.16. The number of likely N-dealkylation sites (N-methyl/N-ethyl adjacent to an activating group) is 1. The van der Waals surface area contributed by atoms with E-state index in [9.17, 15) is 4.79 Å². The molecule has 2 aromatic heterocycles. The molecule has 0 saturated heterocycles. The van der Waals surface area contributed by atoms with Gasteiger partial charge in [-0.1, -0.05) is 19.1 Å². The summed E-state index contributed by atoms with van der Waals surface area (Å²) in [7, 11) is 0. The first kappa shape index (κ1) is 17.6. The van der Waals surface area contributed by atoms with Crippen LogP contribution >= 0.6 is 22.7 Å². The van der Waals surface area contributed by atoms with E-state index >= 15 is 0 Å². The SMILES string of the molecule is CCN1CCc2nc(NC(=O)CCCc3nc4ccccc4s3)sc2C1. The molecule has 1 amide bonds. The molecule has 0 bridgehead atoms. The van der Waals surface area contributed by atoms with Gasteiger partial charge in [-0.3, -0.25) is 9.69 Å². The van der Waals surface area contributed by atoms with Gasteiger partial charge in [0.05, 0.1) is 20.9 Å². The van der Waals surface area contributed by atoms with Crippen LogP contribution in [-0.4, -0.2) is 33.9 Å². The zero-order chi connectivity index (χ0) is 17.9. The molecule has 1 aliphatic heterocycles. The minimum atomic E-state index is 0.0459. The van der Waals surface area contributed by atoms with Gasteiger partial charge in [0.1, 0.15) is 0 Å². The van der Waals surface area contributed by atoms with Gasteiger partial charge in [0, 0.05) is 30.8 Å². The topological polar surface area (TPSA) is 58.1 Å². The Hall–Kier alpha value is -1.83. The number of nitrogens with zero attached hydrogens (tertiary/aromatic N) is 3. The van der Waals surface area contributed by atoms with Crippen molar-refractivity contribution in [3.8, 4) is 0 Å². The number of anilines is 1. The molecule has 1 aromatic carbocycles. The minimum Gasteiger partial charge on any atom is -0.302 e. The van der Waals surface area contributed by atoms with Crippen LogP contribution in [0.4, 0.5) is 5.13 Å². The monoisotopic (exact) mass is 386 g/mol. The van der Waals surface area contributed by atoms with Crippen molar-refractivity contribution in [2.45, 2.75) is 39.2 Å². The molecule has 7 heteroatoms. The lowest BCUT2D eigenvalue weighted by atomic mass is 10.2. The van der Waals surface area contributed by atoms with Gasteiger partial charge in [-0.2, -0.15) is 0 Å². The fourth-order valence-electron chi connectivity index (χ4n) is 3.18. The third-order valence-electron chi connectivity index (χ3n) is 4.64. The fourth-order valence-corrected chi connectivity index (χ4v) is 5.26. The number of benzene rings is 1. The second kappa shape index (κ2) is 7.82. The van der Waals surface area contributed by atoms with Crippen LogP contribution in [-0.2, 0) is 24.2 Å². The smallest absolute Gasteiger partial charge is 0.226 e. The van der Waals surface area contributed by atoms with Gasteiger partial charge in [-0.05, 0) is 31.5 Å². The van der Waals surface area contributed by atoms with Gasteiger partial charge < -0.3 is 5.32 Å². The normalized spacial score (nSPS) is 14.5. The highest BCUT2D eigenvalue weighted by Crippen LogP contribution is 2.28. The fraction of sp³-hybridized carbons (Fsp3) is 0.421. The molecule has 0 unspecified atom stereocenters. The average molecular weight is 387 g/mol. The summed E-state index contributed by atoms with van der Waals surface area (Å²) in [4.78, 5) is 25.2. The molecule has 0 atom stereocenters. The van der Waals surface area contributed by atoms with E-state index < -0.39 is 0 Å². The molecule has 3 heterocycles. The molecule has 136 valence electrons. The number of hydrogen-bond acceptors (Lipinski definition) is 6. The number of thiazole rings is 2. The lowest BCUT2D eigenvalue weighted by Gasteiger charge is -2.23. The maximum absolute atomic E-state index is 12.2. The van der Waals surface area contributed by atoms with Gasteiger partial charge in [0.2, 0.25) is 5.91 Å². The lowest BCUT2D eigenvalue weighted by Crippen LogP contribution is -2.29. The van der Waals surface area contributed by atoms with Crippen molar-refractivity contribution >= 4 is 43.9 Å². The number of hydrogen-bond donors (Lipinski definition) is 1. The van der Waals surface area contributed by atoms with E-state index in [2.05, 4.69) is 33.2 Å². The molecule has 26 heavy (non-hydrogen) atoms. The van der Waals surface area contributed by atoms with Crippen LogP contribution in [0, 0.1) is 0 Å². The van der Waals surface area contributed by atoms with Gasteiger partial charge >= 0.3 is 0 Å². The summed E-state index contributed by atoms with van der Waals surface area (Å²) in [5.74, 6) is 0.0459. The molecule has 0 radical (unpaired) electrons. The lowest BCUT2D eigenvalue weighted by molar-refractivity contribution is -0.116. The number of aryl methyl sites for hydroxylation is 1. The van der Waals surface area contributed by atoms with Gasteiger partial charge in [-0.15, -0.1) is 22.7 Å². The molecular weight excluding hydrogens is 364 g/mol. The molecule has 3 aromatic rings. The van der Waals surface area contributed by atoms with Crippen molar-refractivity contribution in [1.82, 2.24) is 14.9 Å². The van der Waals surface area contributed by atoms with Crippen molar-refractivity contribution in [2.75, 3.05) is 18.4 Å². The predicted molar refractivity (Wildman–Crippen MR) is 108 cm³/mol. The Kier molecular flexibility index (Phi) is 5.28. The van der Waals surface area contributed by atoms with Crippen LogP contribution in [0.5, 0.6) is 0 Å². The molecule has 4 rings (SSSR count). The number of nitrogens with one attached hydrogen (secondary N) is 1. The summed E-state index contributed by atoms with van der Waals surface area (Å²) in [6.45, 7) is 5.25. The average Bonchev–Trinajstić information content (AvgIpc) is 3.23. The van der Waals surface area contributed by atoms with Crippen LogP contribution in [0.15, 0.2) is 24.3 Å². The van der Waals surface area contributed by atoms with E-state index in [-0.39, 0.29) is 5.91 Å². The Morgan fingerprint density at radius 2 is 2.15 bits per heavy atom. The van der Waals surface area contributed by atoms with E-state index in [4.69, 9.17) is 0 Å². The first-order chi connectivity index (χ1) is 12.7. The minimum absolute atomic E-state index is 0.0459. The highest BCUT2D eigenvalue weighted by Gasteiger charge is 2.20. The highest BCUT2D eigenvalue weighted by atomic mass is 32.1. The van der Waals surface area contributed by atoms with Crippen molar-refractivity contribution in [1.29, 1.82) is 0 Å². The van der Waals surface area contributed by atoms with Crippen LogP contribution in [0.1, 0.15) is 35.3 Å². The zero-order valence-corrected chi connectivity index (χ0v) is 16.5. The number of carbonyl (C=O) groups excluding carboxylic acids is 1. The summed E-state index contributed by atoms with van der Waals surface area (Å²) in [5, 5.41) is 4.83. The van der Waals surface area contributed by atoms with E-state index in [0.29, 0.717) is 6.42 Å². The Balaban J connectivity index is 1.28. The first-order valence-corrected chi connectivity index (χ1v) is 10.7. The first-order valence-electron chi connectivity index (χ1n) is 9.06. The molecule has 0 spiro atoms. The molecule has 0 saturated carbocycles. The standard InChI is InChI=1S/C19H22N4OS2/c1-2-23-11-10-14-16(12-23)26-19(21-14)22-17(24)8-5-9-18-20-13-6-3-4-7-15(13)25-18/h3-4,6-7H,2,5,8-12H2,1H3,(H,21,22,24). The maximum atomic E-state index is 12.2. The number of fused-ring (bicyclic) bond motifs is 2.